The zero-order valence-corrected chi connectivity index (χ0v) is 10.6. The minimum atomic E-state index is 0.413. The number of nitrogens with one attached hydrogen (secondary N) is 1. The van der Waals surface area contributed by atoms with Crippen LogP contribution in [0.4, 0.5) is 11.4 Å². The fraction of sp³-hybridized carbons (Fsp3) is 0.385. The van der Waals surface area contributed by atoms with Crippen LogP contribution in [0.5, 0.6) is 0 Å². The second-order valence-electron chi connectivity index (χ2n) is 4.67. The molecule has 1 aromatic heterocycles. The maximum absolute atomic E-state index is 4.77. The monoisotopic (exact) mass is 244 g/mol. The highest BCUT2D eigenvalue weighted by Gasteiger charge is 2.24. The lowest BCUT2D eigenvalue weighted by Gasteiger charge is -2.37. The van der Waals surface area contributed by atoms with Crippen molar-refractivity contribution < 1.29 is 4.63 Å². The predicted molar refractivity (Wildman–Crippen MR) is 69.6 cm³/mol. The summed E-state index contributed by atoms with van der Waals surface area (Å²) in [7, 11) is 0. The van der Waals surface area contributed by atoms with E-state index in [0.29, 0.717) is 6.04 Å². The molecule has 1 aliphatic heterocycles. The van der Waals surface area contributed by atoms with Gasteiger partial charge in [-0.15, -0.1) is 0 Å². The lowest BCUT2D eigenvalue weighted by molar-refractivity contribution is 0.300. The third-order valence-electron chi connectivity index (χ3n) is 3.40. The zero-order chi connectivity index (χ0) is 12.5. The van der Waals surface area contributed by atoms with Crippen LogP contribution in [0.2, 0.25) is 0 Å². The van der Waals surface area contributed by atoms with E-state index >= 15 is 0 Å². The van der Waals surface area contributed by atoms with E-state index in [0.717, 1.165) is 24.5 Å². The van der Waals surface area contributed by atoms with E-state index in [1.54, 1.807) is 0 Å². The molecule has 1 aromatic carbocycles. The van der Waals surface area contributed by atoms with Gasteiger partial charge in [-0.25, -0.2) is 4.63 Å². The molecule has 0 fully saturated rings. The molecule has 0 amide bonds. The van der Waals surface area contributed by atoms with E-state index in [-0.39, 0.29) is 0 Å². The second-order valence-corrected chi connectivity index (χ2v) is 4.67. The molecular weight excluding hydrogens is 228 g/mol. The van der Waals surface area contributed by atoms with Gasteiger partial charge in [0, 0.05) is 12.6 Å². The Kier molecular flexibility index (Phi) is 2.66. The van der Waals surface area contributed by atoms with Crippen LogP contribution in [0.25, 0.3) is 0 Å². The van der Waals surface area contributed by atoms with Crippen LogP contribution in [0.3, 0.4) is 0 Å². The third-order valence-corrected chi connectivity index (χ3v) is 3.40. The summed E-state index contributed by atoms with van der Waals surface area (Å²) in [4.78, 5) is 2.33. The normalized spacial score (nSPS) is 18.3. The second kappa shape index (κ2) is 4.33. The van der Waals surface area contributed by atoms with Gasteiger partial charge in [-0.3, -0.25) is 0 Å². The standard InChI is InChI=1S/C13H16N4O/c1-9-7-14-11-5-3-4-6-13(11)17(9)8-12-10(2)15-18-16-12/h3-6,9,14H,7-8H2,1-2H3. The summed E-state index contributed by atoms with van der Waals surface area (Å²) in [5, 5.41) is 11.2. The number of aryl methyl sites for hydroxylation is 1. The molecule has 0 bridgehead atoms. The largest absolute Gasteiger partial charge is 0.381 e. The molecule has 1 unspecified atom stereocenters. The number of anilines is 2. The number of para-hydroxylation sites is 2. The lowest BCUT2D eigenvalue weighted by atomic mass is 10.1. The fourth-order valence-corrected chi connectivity index (χ4v) is 2.27. The van der Waals surface area contributed by atoms with E-state index < -0.39 is 0 Å². The SMILES string of the molecule is Cc1nonc1CN1c2ccccc2NCC1C. The van der Waals surface area contributed by atoms with Crippen molar-refractivity contribution in [2.45, 2.75) is 26.4 Å². The molecule has 1 aliphatic rings. The quantitative estimate of drug-likeness (QED) is 0.877. The average molecular weight is 244 g/mol. The fourth-order valence-electron chi connectivity index (χ4n) is 2.27. The number of rotatable bonds is 2. The molecular formula is C13H16N4O. The van der Waals surface area contributed by atoms with Crippen LogP contribution < -0.4 is 10.2 Å². The third kappa shape index (κ3) is 1.81. The number of nitrogens with zero attached hydrogens (tertiary/aromatic N) is 3. The Balaban J connectivity index is 1.93. The van der Waals surface area contributed by atoms with Crippen molar-refractivity contribution >= 4 is 11.4 Å². The van der Waals surface area contributed by atoms with Crippen molar-refractivity contribution in [2.75, 3.05) is 16.8 Å². The molecule has 2 heterocycles. The van der Waals surface area contributed by atoms with Crippen molar-refractivity contribution in [2.24, 2.45) is 0 Å². The Labute approximate surface area is 106 Å². The first-order chi connectivity index (χ1) is 8.75. The van der Waals surface area contributed by atoms with Gasteiger partial charge in [-0.1, -0.05) is 22.4 Å². The van der Waals surface area contributed by atoms with E-state index in [4.69, 9.17) is 4.63 Å². The molecule has 0 saturated carbocycles. The van der Waals surface area contributed by atoms with Gasteiger partial charge in [0.2, 0.25) is 0 Å². The Morgan fingerprint density at radius 1 is 1.39 bits per heavy atom. The molecule has 2 aromatic rings. The molecule has 5 nitrogen and oxygen atoms in total. The molecule has 1 atom stereocenters. The number of aromatic nitrogens is 2. The first-order valence-corrected chi connectivity index (χ1v) is 6.13. The van der Waals surface area contributed by atoms with E-state index in [1.165, 1.54) is 11.4 Å². The summed E-state index contributed by atoms with van der Waals surface area (Å²) in [6, 6.07) is 8.74. The molecule has 0 aliphatic carbocycles. The van der Waals surface area contributed by atoms with Crippen LogP contribution in [-0.4, -0.2) is 22.9 Å². The van der Waals surface area contributed by atoms with Gasteiger partial charge in [0.15, 0.2) is 0 Å². The molecule has 5 heteroatoms. The first kappa shape index (κ1) is 11.1. The van der Waals surface area contributed by atoms with E-state index in [2.05, 4.69) is 45.7 Å². The van der Waals surface area contributed by atoms with Crippen molar-refractivity contribution in [3.63, 3.8) is 0 Å². The van der Waals surface area contributed by atoms with Crippen molar-refractivity contribution in [3.05, 3.63) is 35.7 Å². The summed E-state index contributed by atoms with van der Waals surface area (Å²) in [6.07, 6.45) is 0. The Morgan fingerprint density at radius 2 is 2.22 bits per heavy atom. The van der Waals surface area contributed by atoms with Crippen molar-refractivity contribution in [1.29, 1.82) is 0 Å². The number of hydrogen-bond acceptors (Lipinski definition) is 5. The number of fused-ring (bicyclic) bond motifs is 1. The predicted octanol–water partition coefficient (Wildman–Crippen LogP) is 2.20. The molecule has 18 heavy (non-hydrogen) atoms. The van der Waals surface area contributed by atoms with Crippen LogP contribution in [0.15, 0.2) is 28.9 Å². The van der Waals surface area contributed by atoms with Crippen LogP contribution in [-0.2, 0) is 6.54 Å². The highest BCUT2D eigenvalue weighted by Crippen LogP contribution is 2.32. The van der Waals surface area contributed by atoms with E-state index in [1.807, 2.05) is 13.0 Å². The highest BCUT2D eigenvalue weighted by molar-refractivity contribution is 5.72. The minimum Gasteiger partial charge on any atom is -0.381 e. The van der Waals surface area contributed by atoms with Crippen LogP contribution in [0, 0.1) is 6.92 Å². The Hall–Kier alpha value is -2.04. The zero-order valence-electron chi connectivity index (χ0n) is 10.6. The molecule has 0 saturated heterocycles. The van der Waals surface area contributed by atoms with Gasteiger partial charge in [-0.05, 0) is 26.0 Å². The molecule has 3 rings (SSSR count). The Bertz CT molecular complexity index is 551. The highest BCUT2D eigenvalue weighted by atomic mass is 16.6. The molecule has 94 valence electrons. The van der Waals surface area contributed by atoms with Crippen molar-refractivity contribution in [3.8, 4) is 0 Å². The van der Waals surface area contributed by atoms with Gasteiger partial charge in [0.05, 0.1) is 17.9 Å². The first-order valence-electron chi connectivity index (χ1n) is 6.13. The van der Waals surface area contributed by atoms with Gasteiger partial charge >= 0.3 is 0 Å². The smallest absolute Gasteiger partial charge is 0.127 e. The molecule has 0 spiro atoms. The topological polar surface area (TPSA) is 54.2 Å². The van der Waals surface area contributed by atoms with Crippen LogP contribution >= 0.6 is 0 Å². The summed E-state index contributed by atoms with van der Waals surface area (Å²) in [6.45, 7) is 5.78. The summed E-state index contributed by atoms with van der Waals surface area (Å²) < 4.78 is 4.77. The maximum Gasteiger partial charge on any atom is 0.127 e. The van der Waals surface area contributed by atoms with Crippen molar-refractivity contribution in [1.82, 2.24) is 10.3 Å². The van der Waals surface area contributed by atoms with E-state index in [9.17, 15) is 0 Å². The van der Waals surface area contributed by atoms with Gasteiger partial charge in [0.25, 0.3) is 0 Å². The number of benzene rings is 1. The summed E-state index contributed by atoms with van der Waals surface area (Å²) in [5.74, 6) is 0. The molecule has 1 N–H and O–H groups in total. The lowest BCUT2D eigenvalue weighted by Crippen LogP contribution is -2.41. The van der Waals surface area contributed by atoms with Crippen LogP contribution in [0.1, 0.15) is 18.3 Å². The minimum absolute atomic E-state index is 0.413. The number of hydrogen-bond donors (Lipinski definition) is 1. The molecule has 0 radical (unpaired) electrons. The van der Waals surface area contributed by atoms with Gasteiger partial charge < -0.3 is 10.2 Å². The van der Waals surface area contributed by atoms with Gasteiger partial charge in [-0.2, -0.15) is 0 Å². The maximum atomic E-state index is 4.77. The average Bonchev–Trinajstić information content (AvgIpc) is 2.79. The summed E-state index contributed by atoms with van der Waals surface area (Å²) >= 11 is 0. The Morgan fingerprint density at radius 3 is 3.00 bits per heavy atom. The summed E-state index contributed by atoms with van der Waals surface area (Å²) in [5.41, 5.74) is 4.14. The van der Waals surface area contributed by atoms with Gasteiger partial charge in [0.1, 0.15) is 11.4 Å².